The van der Waals surface area contributed by atoms with Gasteiger partial charge in [0.15, 0.2) is 0 Å². The fourth-order valence-corrected chi connectivity index (χ4v) is 6.15. The van der Waals surface area contributed by atoms with Crippen molar-refractivity contribution in [2.45, 2.75) is 48.4 Å². The largest absolute Gasteiger partial charge is 0.326 e. The number of aromatic nitrogens is 1. The van der Waals surface area contributed by atoms with E-state index in [0.717, 1.165) is 30.0 Å². The lowest BCUT2D eigenvalue weighted by molar-refractivity contribution is -0.120. The van der Waals surface area contributed by atoms with E-state index in [2.05, 4.69) is 10.3 Å². The summed E-state index contributed by atoms with van der Waals surface area (Å²) in [4.78, 5) is 17.2. The molecule has 1 amide bonds. The van der Waals surface area contributed by atoms with E-state index < -0.39 is 10.0 Å². The predicted octanol–water partition coefficient (Wildman–Crippen LogP) is 3.72. The Balaban J connectivity index is 1.39. The molecule has 30 heavy (non-hydrogen) atoms. The number of piperidine rings is 1. The van der Waals surface area contributed by atoms with Gasteiger partial charge in [0.05, 0.1) is 9.92 Å². The minimum atomic E-state index is -3.52. The zero-order valence-corrected chi connectivity index (χ0v) is 18.8. The third-order valence-electron chi connectivity index (χ3n) is 5.99. The smallest absolute Gasteiger partial charge is 0.243 e. The normalized spacial score (nSPS) is 18.0. The van der Waals surface area contributed by atoms with E-state index in [4.69, 9.17) is 0 Å². The van der Waals surface area contributed by atoms with Crippen molar-refractivity contribution < 1.29 is 13.2 Å². The maximum absolute atomic E-state index is 13.1. The number of fused-ring (bicyclic) bond motifs is 1. The molecule has 1 saturated heterocycles. The van der Waals surface area contributed by atoms with Crippen molar-refractivity contribution >= 4 is 33.4 Å². The first kappa shape index (κ1) is 21.3. The number of amides is 1. The van der Waals surface area contributed by atoms with Gasteiger partial charge in [0, 0.05) is 30.9 Å². The van der Waals surface area contributed by atoms with Gasteiger partial charge in [0.2, 0.25) is 15.9 Å². The third-order valence-corrected chi connectivity index (χ3v) is 8.53. The third kappa shape index (κ3) is 4.55. The van der Waals surface area contributed by atoms with Crippen molar-refractivity contribution in [2.24, 2.45) is 5.92 Å². The fraction of sp³-hybridized carbons (Fsp3) is 0.455. The van der Waals surface area contributed by atoms with Gasteiger partial charge in [-0.1, -0.05) is 6.07 Å². The lowest BCUT2D eigenvalue weighted by Crippen LogP contribution is -2.41. The molecule has 1 aromatic heterocycles. The van der Waals surface area contributed by atoms with E-state index in [0.29, 0.717) is 30.8 Å². The highest BCUT2D eigenvalue weighted by Gasteiger charge is 2.32. The Bertz CT molecular complexity index is 1030. The number of pyridine rings is 1. The molecular formula is C22H27N3O3S2. The number of rotatable bonds is 5. The second kappa shape index (κ2) is 9.08. The number of hydrogen-bond acceptors (Lipinski definition) is 5. The summed E-state index contributed by atoms with van der Waals surface area (Å²) in [6.07, 6.45) is 8.94. The summed E-state index contributed by atoms with van der Waals surface area (Å²) < 4.78 is 27.8. The highest BCUT2D eigenvalue weighted by atomic mass is 32.2. The molecule has 160 valence electrons. The molecule has 2 heterocycles. The number of carbonyl (C=O) groups is 1. The average Bonchev–Trinajstić information content (AvgIpc) is 2.79. The Morgan fingerprint density at radius 3 is 2.57 bits per heavy atom. The molecule has 0 saturated carbocycles. The Kier molecular flexibility index (Phi) is 6.46. The van der Waals surface area contributed by atoms with E-state index in [1.807, 2.05) is 24.5 Å². The van der Waals surface area contributed by atoms with Gasteiger partial charge >= 0.3 is 0 Å². The first-order chi connectivity index (χ1) is 14.5. The van der Waals surface area contributed by atoms with Crippen LogP contribution in [0.4, 0.5) is 5.69 Å². The SMILES string of the molecule is CSc1cc(NC(=O)C2CCN(S(=O)(=O)c3ccc4c(c3)CCCC4)CC2)ccn1. The molecular weight excluding hydrogens is 418 g/mol. The average molecular weight is 446 g/mol. The standard InChI is InChI=1S/C22H27N3O3S2/c1-29-21-15-19(8-11-23-21)24-22(26)17-9-12-25(13-10-17)30(27,28)20-7-6-16-4-2-3-5-18(16)14-20/h6-8,11,14-15,17H,2-5,9-10,12-13H2,1H3,(H,23,24,26). The summed E-state index contributed by atoms with van der Waals surface area (Å²) in [7, 11) is -3.52. The minimum absolute atomic E-state index is 0.0564. The first-order valence-corrected chi connectivity index (χ1v) is 13.1. The van der Waals surface area contributed by atoms with Crippen LogP contribution < -0.4 is 5.32 Å². The second-order valence-corrected chi connectivity index (χ2v) is 10.7. The van der Waals surface area contributed by atoms with Gasteiger partial charge in [-0.3, -0.25) is 4.79 Å². The van der Waals surface area contributed by atoms with Gasteiger partial charge in [-0.15, -0.1) is 11.8 Å². The number of thioether (sulfide) groups is 1. The first-order valence-electron chi connectivity index (χ1n) is 10.4. The molecule has 0 unspecified atom stereocenters. The molecule has 4 rings (SSSR count). The highest BCUT2D eigenvalue weighted by Crippen LogP contribution is 2.28. The van der Waals surface area contributed by atoms with Crippen LogP contribution in [0.25, 0.3) is 0 Å². The van der Waals surface area contributed by atoms with Crippen LogP contribution in [0, 0.1) is 5.92 Å². The van der Waals surface area contributed by atoms with Crippen LogP contribution in [0.15, 0.2) is 46.5 Å². The number of nitrogens with zero attached hydrogens (tertiary/aromatic N) is 2. The summed E-state index contributed by atoms with van der Waals surface area (Å²) in [5.41, 5.74) is 3.17. The topological polar surface area (TPSA) is 79.4 Å². The van der Waals surface area contributed by atoms with E-state index in [1.54, 1.807) is 18.3 Å². The van der Waals surface area contributed by atoms with Crippen molar-refractivity contribution in [1.82, 2.24) is 9.29 Å². The van der Waals surface area contributed by atoms with Crippen molar-refractivity contribution in [3.05, 3.63) is 47.7 Å². The van der Waals surface area contributed by atoms with E-state index in [-0.39, 0.29) is 11.8 Å². The monoisotopic (exact) mass is 445 g/mol. The summed E-state index contributed by atoms with van der Waals surface area (Å²) in [5, 5.41) is 3.79. The number of anilines is 1. The molecule has 2 aliphatic rings. The fourth-order valence-electron chi connectivity index (χ4n) is 4.22. The van der Waals surface area contributed by atoms with Gasteiger partial charge in [-0.2, -0.15) is 4.31 Å². The molecule has 1 aliphatic carbocycles. The van der Waals surface area contributed by atoms with Crippen molar-refractivity contribution in [3.63, 3.8) is 0 Å². The zero-order chi connectivity index (χ0) is 21.1. The van der Waals surface area contributed by atoms with Crippen LogP contribution in [0.5, 0.6) is 0 Å². The summed E-state index contributed by atoms with van der Waals surface area (Å²) in [6, 6.07) is 9.19. The van der Waals surface area contributed by atoms with E-state index >= 15 is 0 Å². The van der Waals surface area contributed by atoms with Crippen molar-refractivity contribution in [2.75, 3.05) is 24.7 Å². The number of benzene rings is 1. The van der Waals surface area contributed by atoms with Gasteiger partial charge < -0.3 is 5.32 Å². The Morgan fingerprint density at radius 2 is 1.83 bits per heavy atom. The molecule has 1 N–H and O–H groups in total. The molecule has 1 fully saturated rings. The molecule has 6 nitrogen and oxygen atoms in total. The number of hydrogen-bond donors (Lipinski definition) is 1. The molecule has 0 bridgehead atoms. The van der Waals surface area contributed by atoms with Crippen LogP contribution in [0.3, 0.4) is 0 Å². The van der Waals surface area contributed by atoms with Gasteiger partial charge in [0.25, 0.3) is 0 Å². The predicted molar refractivity (Wildman–Crippen MR) is 119 cm³/mol. The number of aryl methyl sites for hydroxylation is 2. The molecule has 2 aromatic rings. The van der Waals surface area contributed by atoms with Crippen LogP contribution >= 0.6 is 11.8 Å². The molecule has 0 spiro atoms. The molecule has 8 heteroatoms. The second-order valence-electron chi connectivity index (χ2n) is 7.89. The molecule has 0 radical (unpaired) electrons. The number of carbonyl (C=O) groups excluding carboxylic acids is 1. The van der Waals surface area contributed by atoms with Gasteiger partial charge in [-0.25, -0.2) is 13.4 Å². The lowest BCUT2D eigenvalue weighted by Gasteiger charge is -2.31. The highest BCUT2D eigenvalue weighted by molar-refractivity contribution is 7.98. The van der Waals surface area contributed by atoms with Gasteiger partial charge in [0.1, 0.15) is 0 Å². The summed E-state index contributed by atoms with van der Waals surface area (Å²) in [5.74, 6) is -0.245. The zero-order valence-electron chi connectivity index (χ0n) is 17.1. The van der Waals surface area contributed by atoms with E-state index in [9.17, 15) is 13.2 Å². The molecule has 0 atom stereocenters. The summed E-state index contributed by atoms with van der Waals surface area (Å²) in [6.45, 7) is 0.730. The maximum atomic E-state index is 13.1. The Labute approximate surface area is 182 Å². The van der Waals surface area contributed by atoms with E-state index in [1.165, 1.54) is 33.6 Å². The minimum Gasteiger partial charge on any atom is -0.326 e. The quantitative estimate of drug-likeness (QED) is 0.710. The summed E-state index contributed by atoms with van der Waals surface area (Å²) >= 11 is 1.52. The lowest BCUT2D eigenvalue weighted by atomic mass is 9.92. The maximum Gasteiger partial charge on any atom is 0.243 e. The van der Waals surface area contributed by atoms with Crippen LogP contribution in [0.2, 0.25) is 0 Å². The number of nitrogens with one attached hydrogen (secondary N) is 1. The van der Waals surface area contributed by atoms with Crippen LogP contribution in [-0.4, -0.2) is 43.0 Å². The Hall–Kier alpha value is -1.90. The molecule has 1 aliphatic heterocycles. The Morgan fingerprint density at radius 1 is 1.10 bits per heavy atom. The number of sulfonamides is 1. The van der Waals surface area contributed by atoms with Crippen LogP contribution in [-0.2, 0) is 27.7 Å². The van der Waals surface area contributed by atoms with Crippen molar-refractivity contribution in [1.29, 1.82) is 0 Å². The van der Waals surface area contributed by atoms with Crippen LogP contribution in [0.1, 0.15) is 36.8 Å². The molecule has 1 aromatic carbocycles. The van der Waals surface area contributed by atoms with Crippen molar-refractivity contribution in [3.8, 4) is 0 Å². The van der Waals surface area contributed by atoms with Gasteiger partial charge in [-0.05, 0) is 80.2 Å².